The lowest BCUT2D eigenvalue weighted by molar-refractivity contribution is 0.0972. The van der Waals surface area contributed by atoms with Crippen LogP contribution in [0.2, 0.25) is 0 Å². The number of imidazole rings is 1. The largest absolute Gasteiger partial charge is 0.326 e. The fourth-order valence-corrected chi connectivity index (χ4v) is 1.27. The van der Waals surface area contributed by atoms with Crippen LogP contribution < -0.4 is 0 Å². The zero-order valence-electron chi connectivity index (χ0n) is 8.66. The van der Waals surface area contributed by atoms with Crippen LogP contribution in [0, 0.1) is 6.92 Å². The van der Waals surface area contributed by atoms with Crippen LogP contribution in [0.1, 0.15) is 49.5 Å². The Kier molecular flexibility index (Phi) is 2.86. The van der Waals surface area contributed by atoms with Gasteiger partial charge < -0.3 is 4.57 Å². The molecule has 0 atom stereocenters. The summed E-state index contributed by atoms with van der Waals surface area (Å²) in [5.74, 6) is 0.705. The van der Waals surface area contributed by atoms with Crippen molar-refractivity contribution in [2.45, 2.75) is 40.2 Å². The van der Waals surface area contributed by atoms with Crippen LogP contribution in [0.15, 0.2) is 6.20 Å². The number of hydrogen-bond donors (Lipinski definition) is 0. The molecule has 1 aromatic heterocycles. The van der Waals surface area contributed by atoms with E-state index in [1.54, 1.807) is 0 Å². The van der Waals surface area contributed by atoms with Gasteiger partial charge in [-0.25, -0.2) is 4.98 Å². The van der Waals surface area contributed by atoms with E-state index in [1.807, 2.05) is 38.5 Å². The topological polar surface area (TPSA) is 34.9 Å². The van der Waals surface area contributed by atoms with Crippen molar-refractivity contribution in [3.8, 4) is 0 Å². The summed E-state index contributed by atoms with van der Waals surface area (Å²) in [6.07, 6.45) is 2.44. The molecule has 0 saturated carbocycles. The van der Waals surface area contributed by atoms with Crippen LogP contribution in [0.3, 0.4) is 0 Å². The average molecular weight is 180 g/mol. The summed E-state index contributed by atoms with van der Waals surface area (Å²) >= 11 is 0. The van der Waals surface area contributed by atoms with E-state index in [0.717, 1.165) is 5.69 Å². The van der Waals surface area contributed by atoms with Gasteiger partial charge in [0.15, 0.2) is 11.6 Å². The van der Waals surface area contributed by atoms with E-state index in [0.29, 0.717) is 18.3 Å². The van der Waals surface area contributed by atoms with E-state index < -0.39 is 0 Å². The molecule has 0 bridgehead atoms. The molecule has 3 heteroatoms. The number of ketones is 1. The second-order valence-electron chi connectivity index (χ2n) is 3.48. The molecule has 0 spiro atoms. The molecule has 0 amide bonds. The molecule has 1 aromatic rings. The fourth-order valence-electron chi connectivity index (χ4n) is 1.27. The molecule has 72 valence electrons. The van der Waals surface area contributed by atoms with Crippen molar-refractivity contribution in [2.24, 2.45) is 0 Å². The van der Waals surface area contributed by atoms with Gasteiger partial charge in [0.25, 0.3) is 0 Å². The van der Waals surface area contributed by atoms with Gasteiger partial charge in [-0.15, -0.1) is 0 Å². The van der Waals surface area contributed by atoms with E-state index in [1.165, 1.54) is 0 Å². The van der Waals surface area contributed by atoms with Gasteiger partial charge in [0.05, 0.1) is 5.69 Å². The molecule has 0 unspecified atom stereocenters. The summed E-state index contributed by atoms with van der Waals surface area (Å²) in [4.78, 5) is 15.7. The summed E-state index contributed by atoms with van der Waals surface area (Å²) in [7, 11) is 0. The highest BCUT2D eigenvalue weighted by Crippen LogP contribution is 2.12. The molecular formula is C10H16N2O. The lowest BCUT2D eigenvalue weighted by Gasteiger charge is -2.09. The molecule has 0 radical (unpaired) electrons. The maximum Gasteiger partial charge on any atom is 0.198 e. The van der Waals surface area contributed by atoms with Gasteiger partial charge in [-0.3, -0.25) is 4.79 Å². The maximum atomic E-state index is 11.5. The third-order valence-corrected chi connectivity index (χ3v) is 1.98. The molecule has 1 rings (SSSR count). The van der Waals surface area contributed by atoms with Gasteiger partial charge in [-0.05, 0) is 20.8 Å². The highest BCUT2D eigenvalue weighted by atomic mass is 16.1. The van der Waals surface area contributed by atoms with E-state index in [4.69, 9.17) is 0 Å². The van der Waals surface area contributed by atoms with Gasteiger partial charge in [0.2, 0.25) is 0 Å². The minimum absolute atomic E-state index is 0.113. The summed E-state index contributed by atoms with van der Waals surface area (Å²) in [6, 6.07) is 0.298. The molecule has 0 aliphatic carbocycles. The maximum absolute atomic E-state index is 11.5. The molecular weight excluding hydrogens is 164 g/mol. The van der Waals surface area contributed by atoms with Gasteiger partial charge in [0, 0.05) is 18.7 Å². The SMILES string of the molecule is CCC(=O)c1nc(C)cn1C(C)C. The van der Waals surface area contributed by atoms with Crippen LogP contribution in [-0.4, -0.2) is 15.3 Å². The summed E-state index contributed by atoms with van der Waals surface area (Å²) in [5, 5.41) is 0. The molecule has 0 aliphatic rings. The van der Waals surface area contributed by atoms with Crippen LogP contribution in [-0.2, 0) is 0 Å². The molecule has 0 N–H and O–H groups in total. The Morgan fingerprint density at radius 3 is 2.69 bits per heavy atom. The number of rotatable bonds is 3. The summed E-state index contributed by atoms with van der Waals surface area (Å²) < 4.78 is 1.93. The van der Waals surface area contributed by atoms with Crippen LogP contribution in [0.5, 0.6) is 0 Å². The van der Waals surface area contributed by atoms with Crippen LogP contribution in [0.25, 0.3) is 0 Å². The zero-order chi connectivity index (χ0) is 10.0. The van der Waals surface area contributed by atoms with Crippen molar-refractivity contribution in [1.82, 2.24) is 9.55 Å². The number of carbonyl (C=O) groups excluding carboxylic acids is 1. The Morgan fingerprint density at radius 2 is 2.23 bits per heavy atom. The van der Waals surface area contributed by atoms with Crippen molar-refractivity contribution >= 4 is 5.78 Å². The molecule has 1 heterocycles. The average Bonchev–Trinajstić information content (AvgIpc) is 2.46. The monoisotopic (exact) mass is 180 g/mol. The quantitative estimate of drug-likeness (QED) is 0.669. The number of carbonyl (C=O) groups is 1. The highest BCUT2D eigenvalue weighted by molar-refractivity contribution is 5.92. The van der Waals surface area contributed by atoms with Crippen LogP contribution in [0.4, 0.5) is 0 Å². The lowest BCUT2D eigenvalue weighted by atomic mass is 10.3. The summed E-state index contributed by atoms with van der Waals surface area (Å²) in [5.41, 5.74) is 0.908. The Hall–Kier alpha value is -1.12. The number of aryl methyl sites for hydroxylation is 1. The molecule has 0 aromatic carbocycles. The van der Waals surface area contributed by atoms with E-state index in [-0.39, 0.29) is 5.78 Å². The van der Waals surface area contributed by atoms with Gasteiger partial charge in [-0.2, -0.15) is 0 Å². The van der Waals surface area contributed by atoms with Gasteiger partial charge >= 0.3 is 0 Å². The molecule has 0 aliphatic heterocycles. The van der Waals surface area contributed by atoms with Gasteiger partial charge in [-0.1, -0.05) is 6.92 Å². The van der Waals surface area contributed by atoms with Crippen molar-refractivity contribution in [2.75, 3.05) is 0 Å². The van der Waals surface area contributed by atoms with Crippen molar-refractivity contribution in [3.63, 3.8) is 0 Å². The number of nitrogens with zero attached hydrogens (tertiary/aromatic N) is 2. The molecule has 0 saturated heterocycles. The number of Topliss-reactive ketones (excluding diaryl/α,β-unsaturated/α-hetero) is 1. The first-order chi connectivity index (χ1) is 6.06. The first-order valence-electron chi connectivity index (χ1n) is 4.65. The third-order valence-electron chi connectivity index (χ3n) is 1.98. The number of hydrogen-bond acceptors (Lipinski definition) is 2. The molecule has 0 fully saturated rings. The Labute approximate surface area is 78.8 Å². The van der Waals surface area contributed by atoms with E-state index in [9.17, 15) is 4.79 Å². The predicted molar refractivity (Wildman–Crippen MR) is 52.0 cm³/mol. The minimum Gasteiger partial charge on any atom is -0.326 e. The standard InChI is InChI=1S/C10H16N2O/c1-5-9(13)10-11-8(4)6-12(10)7(2)3/h6-7H,5H2,1-4H3. The van der Waals surface area contributed by atoms with E-state index >= 15 is 0 Å². The fraction of sp³-hybridized carbons (Fsp3) is 0.600. The normalized spacial score (nSPS) is 10.8. The Balaban J connectivity index is 3.11. The smallest absolute Gasteiger partial charge is 0.198 e. The minimum atomic E-state index is 0.113. The van der Waals surface area contributed by atoms with Crippen molar-refractivity contribution < 1.29 is 4.79 Å². The Bertz CT molecular complexity index is 313. The predicted octanol–water partition coefficient (Wildman–Crippen LogP) is 2.37. The van der Waals surface area contributed by atoms with Crippen molar-refractivity contribution in [3.05, 3.63) is 17.7 Å². The first-order valence-corrected chi connectivity index (χ1v) is 4.65. The van der Waals surface area contributed by atoms with Gasteiger partial charge in [0.1, 0.15) is 0 Å². The third kappa shape index (κ3) is 1.97. The Morgan fingerprint density at radius 1 is 1.62 bits per heavy atom. The summed E-state index contributed by atoms with van der Waals surface area (Å²) in [6.45, 7) is 7.86. The second-order valence-corrected chi connectivity index (χ2v) is 3.48. The van der Waals surface area contributed by atoms with E-state index in [2.05, 4.69) is 4.98 Å². The first kappa shape index (κ1) is 9.96. The number of aromatic nitrogens is 2. The van der Waals surface area contributed by atoms with Crippen LogP contribution >= 0.6 is 0 Å². The highest BCUT2D eigenvalue weighted by Gasteiger charge is 2.13. The zero-order valence-corrected chi connectivity index (χ0v) is 8.66. The lowest BCUT2D eigenvalue weighted by Crippen LogP contribution is -2.10. The van der Waals surface area contributed by atoms with Crippen molar-refractivity contribution in [1.29, 1.82) is 0 Å². The molecule has 3 nitrogen and oxygen atoms in total. The second kappa shape index (κ2) is 3.73. The molecule has 13 heavy (non-hydrogen) atoms.